The van der Waals surface area contributed by atoms with Crippen LogP contribution in [0.5, 0.6) is 0 Å². The van der Waals surface area contributed by atoms with E-state index in [0.29, 0.717) is 0 Å². The highest BCUT2D eigenvalue weighted by Crippen LogP contribution is 2.24. The number of hydrogen-bond acceptors (Lipinski definition) is 3. The maximum Gasteiger partial charge on any atom is 0.409 e. The van der Waals surface area contributed by atoms with Gasteiger partial charge in [-0.15, -0.1) is 0 Å². The number of nitrogens with zero attached hydrogens (tertiary/aromatic N) is 2. The number of halogens is 1. The smallest absolute Gasteiger partial charge is 0.409 e. The van der Waals surface area contributed by atoms with E-state index in [9.17, 15) is 9.18 Å². The molecule has 5 heteroatoms. The number of rotatable bonds is 0. The summed E-state index contributed by atoms with van der Waals surface area (Å²) in [5, 5.41) is 8.39. The summed E-state index contributed by atoms with van der Waals surface area (Å²) in [6.45, 7) is 0.0624. The van der Waals surface area contributed by atoms with E-state index in [1.165, 1.54) is 18.1 Å². The molecule has 1 aliphatic rings. The predicted octanol–water partition coefficient (Wildman–Crippen LogP) is 0.690. The first-order chi connectivity index (χ1) is 5.61. The first-order valence-corrected chi connectivity index (χ1v) is 3.54. The molecule has 0 aromatic heterocycles. The van der Waals surface area contributed by atoms with Crippen molar-refractivity contribution in [1.82, 2.24) is 4.90 Å². The highest BCUT2D eigenvalue weighted by Gasteiger charge is 2.40. The number of amides is 1. The molecule has 0 spiro atoms. The molecule has 1 rings (SSSR count). The Bertz CT molecular complexity index is 238. The Labute approximate surface area is 69.5 Å². The second kappa shape index (κ2) is 2.97. The number of methoxy groups -OCH3 is 1. The summed E-state index contributed by atoms with van der Waals surface area (Å²) in [4.78, 5) is 12.0. The fraction of sp³-hybridized carbons (Fsp3) is 0.714. The molecule has 1 aliphatic heterocycles. The lowest BCUT2D eigenvalue weighted by Gasteiger charge is -2.13. The van der Waals surface area contributed by atoms with Crippen molar-refractivity contribution in [3.8, 4) is 6.07 Å². The van der Waals surface area contributed by atoms with Gasteiger partial charge >= 0.3 is 6.09 Å². The van der Waals surface area contributed by atoms with Crippen LogP contribution in [-0.2, 0) is 4.74 Å². The molecule has 0 N–H and O–H groups in total. The molecule has 0 aliphatic carbocycles. The molecule has 0 saturated carbocycles. The molecule has 1 fully saturated rings. The minimum Gasteiger partial charge on any atom is -0.453 e. The second-order valence-electron chi connectivity index (χ2n) is 2.72. The summed E-state index contributed by atoms with van der Waals surface area (Å²) < 4.78 is 17.6. The molecule has 1 saturated heterocycles. The van der Waals surface area contributed by atoms with Crippen LogP contribution in [0.1, 0.15) is 6.42 Å². The molecule has 0 aromatic rings. The summed E-state index contributed by atoms with van der Waals surface area (Å²) in [7, 11) is 1.23. The van der Waals surface area contributed by atoms with E-state index in [4.69, 9.17) is 5.26 Å². The third kappa shape index (κ3) is 1.47. The first-order valence-electron chi connectivity index (χ1n) is 3.54. The van der Waals surface area contributed by atoms with E-state index in [0.717, 1.165) is 0 Å². The Morgan fingerprint density at radius 2 is 2.50 bits per heavy atom. The van der Waals surface area contributed by atoms with Crippen LogP contribution in [0.25, 0.3) is 0 Å². The molecule has 1 unspecified atom stereocenters. The lowest BCUT2D eigenvalue weighted by Crippen LogP contribution is -2.32. The molecule has 1 atom stereocenters. The molecule has 0 radical (unpaired) electrons. The van der Waals surface area contributed by atoms with Crippen LogP contribution >= 0.6 is 0 Å². The van der Waals surface area contributed by atoms with Gasteiger partial charge in [-0.25, -0.2) is 9.18 Å². The van der Waals surface area contributed by atoms with E-state index in [2.05, 4.69) is 4.74 Å². The maximum absolute atomic E-state index is 13.2. The molecular formula is C7H9FN2O2. The Balaban J connectivity index is 2.58. The first kappa shape index (κ1) is 8.78. The van der Waals surface area contributed by atoms with Gasteiger partial charge in [0.25, 0.3) is 0 Å². The molecule has 4 nitrogen and oxygen atoms in total. The maximum atomic E-state index is 13.2. The van der Waals surface area contributed by atoms with E-state index in [-0.39, 0.29) is 19.5 Å². The highest BCUT2D eigenvalue weighted by atomic mass is 19.1. The average Bonchev–Trinajstić information content (AvgIpc) is 2.48. The van der Waals surface area contributed by atoms with E-state index >= 15 is 0 Å². The van der Waals surface area contributed by atoms with Gasteiger partial charge < -0.3 is 9.64 Å². The number of carbonyl (C=O) groups is 1. The van der Waals surface area contributed by atoms with Crippen LogP contribution in [0.3, 0.4) is 0 Å². The molecule has 1 amide bonds. The van der Waals surface area contributed by atoms with Gasteiger partial charge in [-0.3, -0.25) is 0 Å². The number of ether oxygens (including phenoxy) is 1. The van der Waals surface area contributed by atoms with Gasteiger partial charge in [-0.1, -0.05) is 0 Å². The minimum atomic E-state index is -1.88. The topological polar surface area (TPSA) is 53.3 Å². The Hall–Kier alpha value is -1.31. The fourth-order valence-corrected chi connectivity index (χ4v) is 1.15. The number of carbonyl (C=O) groups excluding carboxylic acids is 1. The zero-order valence-corrected chi connectivity index (χ0v) is 6.71. The van der Waals surface area contributed by atoms with Gasteiger partial charge in [0.1, 0.15) is 6.07 Å². The van der Waals surface area contributed by atoms with Crippen molar-refractivity contribution in [2.45, 2.75) is 12.1 Å². The average molecular weight is 172 g/mol. The molecule has 0 bridgehead atoms. The Kier molecular flexibility index (Phi) is 2.18. The van der Waals surface area contributed by atoms with Crippen molar-refractivity contribution >= 4 is 6.09 Å². The van der Waals surface area contributed by atoms with Crippen molar-refractivity contribution < 1.29 is 13.9 Å². The molecule has 12 heavy (non-hydrogen) atoms. The van der Waals surface area contributed by atoms with Gasteiger partial charge in [-0.05, 0) is 0 Å². The quantitative estimate of drug-likeness (QED) is 0.540. The minimum absolute atomic E-state index is 0.0681. The number of nitriles is 1. The highest BCUT2D eigenvalue weighted by molar-refractivity contribution is 5.68. The predicted molar refractivity (Wildman–Crippen MR) is 38.0 cm³/mol. The molecule has 66 valence electrons. The Morgan fingerprint density at radius 3 is 2.92 bits per heavy atom. The van der Waals surface area contributed by atoms with Gasteiger partial charge in [0, 0.05) is 13.0 Å². The second-order valence-corrected chi connectivity index (χ2v) is 2.72. The summed E-state index contributed by atoms with van der Waals surface area (Å²) in [6, 6.07) is 1.53. The zero-order chi connectivity index (χ0) is 9.19. The summed E-state index contributed by atoms with van der Waals surface area (Å²) in [6.07, 6.45) is -0.511. The number of alkyl halides is 1. The van der Waals surface area contributed by atoms with Crippen LogP contribution in [0, 0.1) is 11.3 Å². The van der Waals surface area contributed by atoms with Gasteiger partial charge in [0.2, 0.25) is 5.67 Å². The monoisotopic (exact) mass is 172 g/mol. The van der Waals surface area contributed by atoms with E-state index in [1.807, 2.05) is 0 Å². The van der Waals surface area contributed by atoms with Crippen LogP contribution in [0.15, 0.2) is 0 Å². The third-order valence-electron chi connectivity index (χ3n) is 1.85. The van der Waals surface area contributed by atoms with Gasteiger partial charge in [-0.2, -0.15) is 5.26 Å². The number of likely N-dealkylation sites (tertiary alicyclic amines) is 1. The van der Waals surface area contributed by atoms with E-state index < -0.39 is 11.8 Å². The van der Waals surface area contributed by atoms with Crippen LogP contribution in [0.2, 0.25) is 0 Å². The van der Waals surface area contributed by atoms with Crippen LogP contribution < -0.4 is 0 Å². The van der Waals surface area contributed by atoms with Crippen LogP contribution in [0.4, 0.5) is 9.18 Å². The van der Waals surface area contributed by atoms with Crippen molar-refractivity contribution in [1.29, 1.82) is 5.26 Å². The number of hydrogen-bond donors (Lipinski definition) is 0. The van der Waals surface area contributed by atoms with Crippen molar-refractivity contribution in [2.75, 3.05) is 20.2 Å². The summed E-state index contributed by atoms with van der Waals surface area (Å²) in [5.41, 5.74) is -1.88. The Morgan fingerprint density at radius 1 is 1.83 bits per heavy atom. The standard InChI is InChI=1S/C7H9FN2O2/c1-12-6(11)10-3-2-7(8,4-9)5-10/h2-3,5H2,1H3. The fourth-order valence-electron chi connectivity index (χ4n) is 1.15. The van der Waals surface area contributed by atoms with Crippen molar-refractivity contribution in [2.24, 2.45) is 0 Å². The summed E-state index contributed by atoms with van der Waals surface area (Å²) >= 11 is 0. The lowest BCUT2D eigenvalue weighted by molar-refractivity contribution is 0.126. The van der Waals surface area contributed by atoms with Crippen molar-refractivity contribution in [3.63, 3.8) is 0 Å². The lowest BCUT2D eigenvalue weighted by atomic mass is 10.1. The molecule has 1 heterocycles. The summed E-state index contributed by atoms with van der Waals surface area (Å²) in [5.74, 6) is 0. The van der Waals surface area contributed by atoms with Crippen LogP contribution in [-0.4, -0.2) is 36.9 Å². The van der Waals surface area contributed by atoms with E-state index in [1.54, 1.807) is 0 Å². The largest absolute Gasteiger partial charge is 0.453 e. The van der Waals surface area contributed by atoms with Gasteiger partial charge in [0.05, 0.1) is 13.7 Å². The molecule has 0 aromatic carbocycles. The zero-order valence-electron chi connectivity index (χ0n) is 6.71. The van der Waals surface area contributed by atoms with Gasteiger partial charge in [0.15, 0.2) is 0 Å². The SMILES string of the molecule is COC(=O)N1CCC(F)(C#N)C1. The van der Waals surface area contributed by atoms with Crippen molar-refractivity contribution in [3.05, 3.63) is 0 Å². The molecular weight excluding hydrogens is 163 g/mol. The normalized spacial score (nSPS) is 28.2. The third-order valence-corrected chi connectivity index (χ3v) is 1.85.